The first kappa shape index (κ1) is 25.2. The Morgan fingerprint density at radius 1 is 1.03 bits per heavy atom. The van der Waals surface area contributed by atoms with Gasteiger partial charge in [-0.05, 0) is 42.7 Å². The number of ketones is 1. The van der Waals surface area contributed by atoms with E-state index < -0.39 is 34.4 Å². The van der Waals surface area contributed by atoms with Crippen LogP contribution >= 0.6 is 23.2 Å². The van der Waals surface area contributed by atoms with Crippen LogP contribution in [0.3, 0.4) is 0 Å². The first-order chi connectivity index (χ1) is 16.1. The van der Waals surface area contributed by atoms with Gasteiger partial charge in [0.05, 0.1) is 16.5 Å². The zero-order valence-electron chi connectivity index (χ0n) is 17.7. The Bertz CT molecular complexity index is 1180. The number of halogens is 2. The second kappa shape index (κ2) is 10.7. The number of nitrogens with zero attached hydrogens (tertiary/aromatic N) is 2. The van der Waals surface area contributed by atoms with Gasteiger partial charge in [-0.2, -0.15) is 0 Å². The molecule has 1 fully saturated rings. The number of nitro groups is 1. The van der Waals surface area contributed by atoms with Crippen molar-refractivity contribution in [3.05, 3.63) is 79.3 Å². The molecule has 0 unspecified atom stereocenters. The van der Waals surface area contributed by atoms with Gasteiger partial charge in [0.15, 0.2) is 0 Å². The number of aliphatic hydroxyl groups is 1. The van der Waals surface area contributed by atoms with E-state index in [-0.39, 0.29) is 34.8 Å². The highest BCUT2D eigenvalue weighted by Gasteiger charge is 2.46. The minimum Gasteiger partial charge on any atom is -0.507 e. The number of benzene rings is 2. The smallest absolute Gasteiger partial charge is 0.303 e. The summed E-state index contributed by atoms with van der Waals surface area (Å²) in [6.07, 6.45) is 1.35. The molecule has 3 rings (SSSR count). The van der Waals surface area contributed by atoms with Gasteiger partial charge < -0.3 is 15.1 Å². The van der Waals surface area contributed by atoms with E-state index in [0.29, 0.717) is 29.8 Å². The van der Waals surface area contributed by atoms with Crippen LogP contribution in [-0.4, -0.2) is 44.2 Å². The van der Waals surface area contributed by atoms with Gasteiger partial charge in [0.1, 0.15) is 5.76 Å². The molecule has 1 aliphatic rings. The van der Waals surface area contributed by atoms with Crippen molar-refractivity contribution in [1.82, 2.24) is 4.90 Å². The van der Waals surface area contributed by atoms with E-state index in [1.165, 1.54) is 35.2 Å². The fourth-order valence-corrected chi connectivity index (χ4v) is 4.30. The number of likely N-dealkylation sites (tertiary alicyclic amines) is 1. The van der Waals surface area contributed by atoms with Crippen molar-refractivity contribution in [3.8, 4) is 0 Å². The highest BCUT2D eigenvalue weighted by atomic mass is 35.5. The third-order valence-corrected chi connectivity index (χ3v) is 6.00. The molecule has 1 saturated heterocycles. The van der Waals surface area contributed by atoms with Crippen LogP contribution in [0.5, 0.6) is 0 Å². The molecule has 1 atom stereocenters. The summed E-state index contributed by atoms with van der Waals surface area (Å²) in [4.78, 5) is 48.2. The Balaban J connectivity index is 2.03. The number of hydrogen-bond acceptors (Lipinski definition) is 6. The second-order valence-corrected chi connectivity index (χ2v) is 8.51. The number of unbranched alkanes of at least 4 members (excludes halogenated alkanes) is 2. The average molecular weight is 507 g/mol. The van der Waals surface area contributed by atoms with Gasteiger partial charge in [0, 0.05) is 40.7 Å². The molecule has 11 heteroatoms. The summed E-state index contributed by atoms with van der Waals surface area (Å²) < 4.78 is 0. The lowest BCUT2D eigenvalue weighted by Gasteiger charge is -2.26. The minimum atomic E-state index is -1.01. The van der Waals surface area contributed by atoms with Crippen molar-refractivity contribution in [2.24, 2.45) is 0 Å². The number of aliphatic carboxylic acids is 1. The lowest BCUT2D eigenvalue weighted by atomic mass is 9.95. The number of carbonyl (C=O) groups is 3. The van der Waals surface area contributed by atoms with Crippen molar-refractivity contribution < 1.29 is 29.5 Å². The number of carbonyl (C=O) groups excluding carboxylic acids is 2. The Morgan fingerprint density at radius 2 is 1.71 bits per heavy atom. The van der Waals surface area contributed by atoms with E-state index >= 15 is 0 Å². The molecule has 1 heterocycles. The van der Waals surface area contributed by atoms with E-state index in [1.807, 2.05) is 0 Å². The lowest BCUT2D eigenvalue weighted by Crippen LogP contribution is -2.30. The molecule has 0 saturated carbocycles. The van der Waals surface area contributed by atoms with Gasteiger partial charge in [-0.1, -0.05) is 35.7 Å². The Morgan fingerprint density at radius 3 is 2.29 bits per heavy atom. The monoisotopic (exact) mass is 506 g/mol. The quantitative estimate of drug-likeness (QED) is 0.122. The molecule has 2 aromatic rings. The molecular weight excluding hydrogens is 487 g/mol. The summed E-state index contributed by atoms with van der Waals surface area (Å²) >= 11 is 12.4. The lowest BCUT2D eigenvalue weighted by molar-refractivity contribution is -0.384. The maximum atomic E-state index is 13.0. The van der Waals surface area contributed by atoms with Crippen LogP contribution in [0.4, 0.5) is 5.69 Å². The van der Waals surface area contributed by atoms with Crippen LogP contribution in [0.2, 0.25) is 10.0 Å². The number of amides is 1. The average Bonchev–Trinajstić information content (AvgIpc) is 3.03. The molecular formula is C23H20Cl2N2O7. The van der Waals surface area contributed by atoms with Crippen LogP contribution in [0, 0.1) is 10.1 Å². The topological polar surface area (TPSA) is 138 Å². The van der Waals surface area contributed by atoms with Crippen LogP contribution < -0.4 is 0 Å². The van der Waals surface area contributed by atoms with Gasteiger partial charge >= 0.3 is 5.97 Å². The SMILES string of the molecule is O=C(O)CCCCCN1C(=O)C(=O)C(=C(O)c2ccc([N+](=O)[O-])cc2)[C@H]1c1ccc(Cl)cc1Cl. The predicted octanol–water partition coefficient (Wildman–Crippen LogP) is 4.97. The third-order valence-electron chi connectivity index (χ3n) is 5.44. The number of rotatable bonds is 9. The Kier molecular flexibility index (Phi) is 7.90. The minimum absolute atomic E-state index is 0.00853. The second-order valence-electron chi connectivity index (χ2n) is 7.67. The molecule has 1 amide bonds. The van der Waals surface area contributed by atoms with E-state index in [1.54, 1.807) is 12.1 Å². The molecule has 0 spiro atoms. The van der Waals surface area contributed by atoms with Gasteiger partial charge in [0.25, 0.3) is 17.4 Å². The molecule has 178 valence electrons. The van der Waals surface area contributed by atoms with E-state index in [0.717, 1.165) is 0 Å². The predicted molar refractivity (Wildman–Crippen MR) is 125 cm³/mol. The number of non-ortho nitro benzene ring substituents is 1. The van der Waals surface area contributed by atoms with Gasteiger partial charge in [-0.15, -0.1) is 0 Å². The number of Topliss-reactive ketones (excluding diaryl/α,β-unsaturated/α-hetero) is 1. The van der Waals surface area contributed by atoms with Gasteiger partial charge in [-0.25, -0.2) is 0 Å². The molecule has 0 aliphatic carbocycles. The van der Waals surface area contributed by atoms with Gasteiger partial charge in [0.2, 0.25) is 0 Å². The molecule has 34 heavy (non-hydrogen) atoms. The summed E-state index contributed by atoms with van der Waals surface area (Å²) in [5.41, 5.74) is 0.101. The zero-order chi connectivity index (χ0) is 25.0. The summed E-state index contributed by atoms with van der Waals surface area (Å²) in [5, 5.41) is 31.2. The van der Waals surface area contributed by atoms with Gasteiger partial charge in [-0.3, -0.25) is 24.5 Å². The van der Waals surface area contributed by atoms with Crippen molar-refractivity contribution in [2.75, 3.05) is 6.54 Å². The standard InChI is InChI=1S/C23H20Cl2N2O7/c24-14-7-10-16(17(25)12-14)20-19(21(30)13-5-8-15(9-6-13)27(33)34)22(31)23(32)26(20)11-3-1-2-4-18(28)29/h5-10,12,20,30H,1-4,11H2,(H,28,29)/t20-/m1/s1. The van der Waals surface area contributed by atoms with E-state index in [9.17, 15) is 29.6 Å². The summed E-state index contributed by atoms with van der Waals surface area (Å²) in [6, 6.07) is 8.47. The number of carboxylic acids is 1. The van der Waals surface area contributed by atoms with Crippen LogP contribution in [0.25, 0.3) is 5.76 Å². The van der Waals surface area contributed by atoms with Crippen molar-refractivity contribution >= 4 is 52.3 Å². The third kappa shape index (κ3) is 5.37. The molecule has 1 aliphatic heterocycles. The summed E-state index contributed by atoms with van der Waals surface area (Å²) in [6.45, 7) is 0.130. The summed E-state index contributed by atoms with van der Waals surface area (Å²) in [7, 11) is 0. The molecule has 0 radical (unpaired) electrons. The fourth-order valence-electron chi connectivity index (χ4n) is 3.79. The Labute approximate surface area is 204 Å². The zero-order valence-corrected chi connectivity index (χ0v) is 19.3. The molecule has 0 aromatic heterocycles. The fraction of sp³-hybridized carbons (Fsp3) is 0.261. The van der Waals surface area contributed by atoms with Crippen LogP contribution in [-0.2, 0) is 14.4 Å². The maximum absolute atomic E-state index is 13.0. The van der Waals surface area contributed by atoms with E-state index in [4.69, 9.17) is 28.3 Å². The number of carboxylic acid groups (broad SMARTS) is 1. The first-order valence-corrected chi connectivity index (χ1v) is 11.1. The molecule has 2 N–H and O–H groups in total. The van der Waals surface area contributed by atoms with Crippen LogP contribution in [0.15, 0.2) is 48.0 Å². The number of nitro benzene ring substituents is 1. The number of hydrogen-bond donors (Lipinski definition) is 2. The Hall–Kier alpha value is -3.43. The van der Waals surface area contributed by atoms with E-state index in [2.05, 4.69) is 0 Å². The first-order valence-electron chi connectivity index (χ1n) is 10.3. The molecule has 9 nitrogen and oxygen atoms in total. The highest BCUT2D eigenvalue weighted by Crippen LogP contribution is 2.42. The van der Waals surface area contributed by atoms with Crippen molar-refractivity contribution in [1.29, 1.82) is 0 Å². The van der Waals surface area contributed by atoms with Crippen LogP contribution in [0.1, 0.15) is 42.9 Å². The number of aliphatic hydroxyl groups excluding tert-OH is 1. The largest absolute Gasteiger partial charge is 0.507 e. The van der Waals surface area contributed by atoms with Crippen molar-refractivity contribution in [2.45, 2.75) is 31.7 Å². The molecule has 0 bridgehead atoms. The maximum Gasteiger partial charge on any atom is 0.303 e. The van der Waals surface area contributed by atoms with Crippen molar-refractivity contribution in [3.63, 3.8) is 0 Å². The highest BCUT2D eigenvalue weighted by molar-refractivity contribution is 6.47. The normalized spacial score (nSPS) is 17.2. The molecule has 2 aromatic carbocycles. The summed E-state index contributed by atoms with van der Waals surface area (Å²) in [5.74, 6) is -3.16.